The molecule has 1 saturated heterocycles. The van der Waals surface area contributed by atoms with E-state index in [0.29, 0.717) is 6.04 Å². The molecule has 2 atom stereocenters. The Bertz CT molecular complexity index is 389. The standard InChI is InChI=1S/C17H28N2/c1-3-16(18)13-15-10-6-7-11-17(15)19-12-8-4-5-9-14(19)2/h6-7,10-11,14,16H,3-5,8-9,12-13,18H2,1-2H3. The lowest BCUT2D eigenvalue weighted by Crippen LogP contribution is -2.34. The molecule has 1 aliphatic heterocycles. The highest BCUT2D eigenvalue weighted by molar-refractivity contribution is 5.54. The molecule has 0 spiro atoms. The van der Waals surface area contributed by atoms with Gasteiger partial charge < -0.3 is 10.6 Å². The van der Waals surface area contributed by atoms with Gasteiger partial charge in [-0.05, 0) is 44.2 Å². The number of anilines is 1. The molecule has 1 aliphatic rings. The van der Waals surface area contributed by atoms with E-state index in [1.807, 2.05) is 0 Å². The van der Waals surface area contributed by atoms with Gasteiger partial charge in [0.15, 0.2) is 0 Å². The minimum Gasteiger partial charge on any atom is -0.369 e. The van der Waals surface area contributed by atoms with E-state index in [1.54, 1.807) is 0 Å². The largest absolute Gasteiger partial charge is 0.369 e. The second kappa shape index (κ2) is 6.95. The third-order valence-corrected chi connectivity index (χ3v) is 4.36. The van der Waals surface area contributed by atoms with Gasteiger partial charge in [-0.3, -0.25) is 0 Å². The highest BCUT2D eigenvalue weighted by Crippen LogP contribution is 2.28. The number of nitrogens with two attached hydrogens (primary N) is 1. The molecule has 1 aromatic carbocycles. The van der Waals surface area contributed by atoms with Gasteiger partial charge in [0, 0.05) is 24.3 Å². The summed E-state index contributed by atoms with van der Waals surface area (Å²) in [7, 11) is 0. The second-order valence-corrected chi connectivity index (χ2v) is 5.89. The molecule has 0 radical (unpaired) electrons. The molecule has 0 aliphatic carbocycles. The van der Waals surface area contributed by atoms with Crippen LogP contribution in [-0.4, -0.2) is 18.6 Å². The zero-order valence-electron chi connectivity index (χ0n) is 12.4. The summed E-state index contributed by atoms with van der Waals surface area (Å²) in [5.41, 5.74) is 8.99. The third kappa shape index (κ3) is 3.73. The molecule has 2 N–H and O–H groups in total. The lowest BCUT2D eigenvalue weighted by molar-refractivity contribution is 0.607. The molecule has 1 aromatic rings. The molecule has 2 unspecified atom stereocenters. The Morgan fingerprint density at radius 1 is 1.26 bits per heavy atom. The van der Waals surface area contributed by atoms with Gasteiger partial charge in [0.05, 0.1) is 0 Å². The van der Waals surface area contributed by atoms with Crippen LogP contribution in [0.2, 0.25) is 0 Å². The first kappa shape index (κ1) is 14.4. The fourth-order valence-electron chi connectivity index (χ4n) is 3.02. The van der Waals surface area contributed by atoms with Gasteiger partial charge in [-0.1, -0.05) is 38.0 Å². The maximum Gasteiger partial charge on any atom is 0.0401 e. The Labute approximate surface area is 118 Å². The number of para-hydroxylation sites is 1. The molecule has 0 saturated carbocycles. The van der Waals surface area contributed by atoms with Gasteiger partial charge in [0.25, 0.3) is 0 Å². The SMILES string of the molecule is CCC(N)Cc1ccccc1N1CCCCCC1C. The van der Waals surface area contributed by atoms with Crippen LogP contribution in [0.15, 0.2) is 24.3 Å². The van der Waals surface area contributed by atoms with Crippen molar-refractivity contribution >= 4 is 5.69 Å². The molecular formula is C17H28N2. The normalized spacial score (nSPS) is 22.1. The van der Waals surface area contributed by atoms with E-state index < -0.39 is 0 Å². The van der Waals surface area contributed by atoms with Crippen molar-refractivity contribution in [3.05, 3.63) is 29.8 Å². The Balaban J connectivity index is 2.22. The molecule has 0 amide bonds. The van der Waals surface area contributed by atoms with Gasteiger partial charge in [-0.2, -0.15) is 0 Å². The molecule has 1 fully saturated rings. The van der Waals surface area contributed by atoms with Crippen molar-refractivity contribution in [2.24, 2.45) is 5.73 Å². The molecule has 106 valence electrons. The van der Waals surface area contributed by atoms with Gasteiger partial charge in [-0.15, -0.1) is 0 Å². The first-order valence-corrected chi connectivity index (χ1v) is 7.82. The van der Waals surface area contributed by atoms with Crippen LogP contribution in [-0.2, 0) is 6.42 Å². The molecule has 0 aromatic heterocycles. The topological polar surface area (TPSA) is 29.3 Å². The van der Waals surface area contributed by atoms with Crippen LogP contribution >= 0.6 is 0 Å². The van der Waals surface area contributed by atoms with Crippen molar-refractivity contribution in [3.8, 4) is 0 Å². The molecule has 2 heteroatoms. The van der Waals surface area contributed by atoms with Crippen LogP contribution in [0.25, 0.3) is 0 Å². The average molecular weight is 260 g/mol. The summed E-state index contributed by atoms with van der Waals surface area (Å²) in [4.78, 5) is 2.60. The van der Waals surface area contributed by atoms with Crippen molar-refractivity contribution in [2.45, 2.75) is 64.5 Å². The highest BCUT2D eigenvalue weighted by atomic mass is 15.2. The molecule has 2 nitrogen and oxygen atoms in total. The van der Waals surface area contributed by atoms with Gasteiger partial charge >= 0.3 is 0 Å². The van der Waals surface area contributed by atoms with Gasteiger partial charge in [0.1, 0.15) is 0 Å². The Hall–Kier alpha value is -1.02. The van der Waals surface area contributed by atoms with Crippen molar-refractivity contribution in [2.75, 3.05) is 11.4 Å². The predicted octanol–water partition coefficient (Wildman–Crippen LogP) is 3.74. The Morgan fingerprint density at radius 3 is 2.84 bits per heavy atom. The van der Waals surface area contributed by atoms with E-state index >= 15 is 0 Å². The Morgan fingerprint density at radius 2 is 2.05 bits per heavy atom. The second-order valence-electron chi connectivity index (χ2n) is 5.89. The van der Waals surface area contributed by atoms with Crippen molar-refractivity contribution in [3.63, 3.8) is 0 Å². The van der Waals surface area contributed by atoms with E-state index in [9.17, 15) is 0 Å². The molecular weight excluding hydrogens is 232 g/mol. The first-order chi connectivity index (χ1) is 9.22. The Kier molecular flexibility index (Phi) is 5.26. The van der Waals surface area contributed by atoms with Gasteiger partial charge in [-0.25, -0.2) is 0 Å². The summed E-state index contributed by atoms with van der Waals surface area (Å²) in [6.07, 6.45) is 7.41. The third-order valence-electron chi connectivity index (χ3n) is 4.36. The summed E-state index contributed by atoms with van der Waals surface area (Å²) in [5.74, 6) is 0. The van der Waals surface area contributed by atoms with Crippen molar-refractivity contribution in [1.29, 1.82) is 0 Å². The number of nitrogens with zero attached hydrogens (tertiary/aromatic N) is 1. The number of benzene rings is 1. The van der Waals surface area contributed by atoms with Crippen molar-refractivity contribution < 1.29 is 0 Å². The maximum atomic E-state index is 6.15. The van der Waals surface area contributed by atoms with E-state index in [1.165, 1.54) is 43.5 Å². The number of hydrogen-bond acceptors (Lipinski definition) is 2. The van der Waals surface area contributed by atoms with E-state index in [-0.39, 0.29) is 6.04 Å². The van der Waals surface area contributed by atoms with Crippen LogP contribution in [0.3, 0.4) is 0 Å². The zero-order valence-corrected chi connectivity index (χ0v) is 12.4. The van der Waals surface area contributed by atoms with E-state index in [4.69, 9.17) is 5.73 Å². The maximum absolute atomic E-state index is 6.15. The van der Waals surface area contributed by atoms with Gasteiger partial charge in [0.2, 0.25) is 0 Å². The summed E-state index contributed by atoms with van der Waals surface area (Å²) in [6, 6.07) is 9.77. The van der Waals surface area contributed by atoms with Crippen LogP contribution < -0.4 is 10.6 Å². The predicted molar refractivity (Wildman–Crippen MR) is 83.7 cm³/mol. The fraction of sp³-hybridized carbons (Fsp3) is 0.647. The number of hydrogen-bond donors (Lipinski definition) is 1. The minimum absolute atomic E-state index is 0.281. The van der Waals surface area contributed by atoms with Crippen LogP contribution in [0.5, 0.6) is 0 Å². The number of rotatable bonds is 4. The zero-order chi connectivity index (χ0) is 13.7. The average Bonchev–Trinajstić information content (AvgIpc) is 2.64. The highest BCUT2D eigenvalue weighted by Gasteiger charge is 2.19. The van der Waals surface area contributed by atoms with E-state index in [2.05, 4.69) is 43.0 Å². The molecule has 0 bridgehead atoms. The molecule has 1 heterocycles. The quantitative estimate of drug-likeness (QED) is 0.893. The summed E-state index contributed by atoms with van der Waals surface area (Å²) < 4.78 is 0. The lowest BCUT2D eigenvalue weighted by Gasteiger charge is -2.32. The lowest BCUT2D eigenvalue weighted by atomic mass is 10.0. The van der Waals surface area contributed by atoms with Crippen molar-refractivity contribution in [1.82, 2.24) is 0 Å². The van der Waals surface area contributed by atoms with Crippen LogP contribution in [0.1, 0.15) is 51.5 Å². The van der Waals surface area contributed by atoms with Crippen LogP contribution in [0, 0.1) is 0 Å². The monoisotopic (exact) mass is 260 g/mol. The fourth-order valence-corrected chi connectivity index (χ4v) is 3.02. The molecule has 2 rings (SSSR count). The summed E-state index contributed by atoms with van der Waals surface area (Å²) >= 11 is 0. The minimum atomic E-state index is 0.281. The summed E-state index contributed by atoms with van der Waals surface area (Å²) in [5, 5.41) is 0. The first-order valence-electron chi connectivity index (χ1n) is 7.82. The van der Waals surface area contributed by atoms with E-state index in [0.717, 1.165) is 12.8 Å². The smallest absolute Gasteiger partial charge is 0.0401 e. The molecule has 19 heavy (non-hydrogen) atoms. The van der Waals surface area contributed by atoms with Crippen LogP contribution in [0.4, 0.5) is 5.69 Å². The summed E-state index contributed by atoms with van der Waals surface area (Å²) in [6.45, 7) is 5.73.